The summed E-state index contributed by atoms with van der Waals surface area (Å²) in [6.07, 6.45) is 0. The van der Waals surface area contributed by atoms with Crippen molar-refractivity contribution in [3.8, 4) is 41.8 Å². The highest BCUT2D eigenvalue weighted by Gasteiger charge is 2.25. The van der Waals surface area contributed by atoms with Crippen LogP contribution in [0, 0.1) is 41.5 Å². The van der Waals surface area contributed by atoms with E-state index in [1.807, 2.05) is 45.3 Å². The highest BCUT2D eigenvalue weighted by atomic mass is 32.1. The molecule has 0 unspecified atom stereocenters. The van der Waals surface area contributed by atoms with Gasteiger partial charge in [-0.2, -0.15) is 0 Å². The predicted octanol–water partition coefficient (Wildman–Crippen LogP) is 12.8. The largest absolute Gasteiger partial charge is 0.143 e. The number of benzene rings is 3. The summed E-state index contributed by atoms with van der Waals surface area (Å²) in [5, 5.41) is 5.02. The molecule has 4 heterocycles. The molecule has 0 saturated carbocycles. The predicted molar refractivity (Wildman–Crippen MR) is 183 cm³/mol. The second-order valence-electron chi connectivity index (χ2n) is 10.9. The van der Waals surface area contributed by atoms with Crippen LogP contribution in [0.4, 0.5) is 0 Å². The Morgan fingerprint density at radius 2 is 0.975 bits per heavy atom. The van der Waals surface area contributed by atoms with E-state index in [1.54, 1.807) is 0 Å². The van der Waals surface area contributed by atoms with Crippen molar-refractivity contribution in [1.29, 1.82) is 0 Å². The van der Waals surface area contributed by atoms with Gasteiger partial charge >= 0.3 is 0 Å². The Balaban J connectivity index is 1.70. The number of fused-ring (bicyclic) bond motifs is 2. The smallest absolute Gasteiger partial charge is 0.0455 e. The number of thiophene rings is 4. The van der Waals surface area contributed by atoms with E-state index >= 15 is 0 Å². The molecular weight excluding hydrogens is 561 g/mol. The molecule has 0 fully saturated rings. The van der Waals surface area contributed by atoms with Crippen molar-refractivity contribution in [2.75, 3.05) is 0 Å². The van der Waals surface area contributed by atoms with E-state index in [4.69, 9.17) is 0 Å². The lowest BCUT2D eigenvalue weighted by Gasteiger charge is -2.18. The van der Waals surface area contributed by atoms with Crippen LogP contribution in [0.1, 0.15) is 32.7 Å². The van der Waals surface area contributed by atoms with Gasteiger partial charge in [-0.05, 0) is 122 Å². The Bertz CT molecular complexity index is 1830. The molecule has 3 aromatic carbocycles. The van der Waals surface area contributed by atoms with Crippen molar-refractivity contribution in [3.63, 3.8) is 0 Å². The van der Waals surface area contributed by atoms with Crippen LogP contribution in [0.25, 0.3) is 61.9 Å². The molecule has 0 saturated heterocycles. The van der Waals surface area contributed by atoms with E-state index in [-0.39, 0.29) is 0 Å². The zero-order valence-electron chi connectivity index (χ0n) is 23.6. The van der Waals surface area contributed by atoms with E-state index in [0.717, 1.165) is 0 Å². The fourth-order valence-corrected chi connectivity index (χ4v) is 10.5. The summed E-state index contributed by atoms with van der Waals surface area (Å²) in [7, 11) is 0. The first-order chi connectivity index (χ1) is 19.3. The van der Waals surface area contributed by atoms with Crippen molar-refractivity contribution >= 4 is 65.5 Å². The number of aryl methyl sites for hydroxylation is 6. The van der Waals surface area contributed by atoms with Crippen LogP contribution < -0.4 is 0 Å². The van der Waals surface area contributed by atoms with Crippen molar-refractivity contribution in [3.05, 3.63) is 105 Å². The minimum atomic E-state index is 1.33. The minimum Gasteiger partial charge on any atom is -0.143 e. The average molecular weight is 591 g/mol. The van der Waals surface area contributed by atoms with Crippen molar-refractivity contribution < 1.29 is 0 Å². The van der Waals surface area contributed by atoms with Gasteiger partial charge in [0, 0.05) is 50.1 Å². The van der Waals surface area contributed by atoms with Crippen molar-refractivity contribution in [2.24, 2.45) is 0 Å². The van der Waals surface area contributed by atoms with Crippen LogP contribution in [0.2, 0.25) is 0 Å². The van der Waals surface area contributed by atoms with Gasteiger partial charge in [-0.25, -0.2) is 0 Å². The Kier molecular flexibility index (Phi) is 6.36. The summed E-state index contributed by atoms with van der Waals surface area (Å²) in [4.78, 5) is 6.79. The maximum Gasteiger partial charge on any atom is 0.0455 e. The fourth-order valence-electron chi connectivity index (χ4n) is 6.06. The molecule has 40 heavy (non-hydrogen) atoms. The van der Waals surface area contributed by atoms with Crippen LogP contribution in [-0.4, -0.2) is 0 Å². The Morgan fingerprint density at radius 1 is 0.450 bits per heavy atom. The maximum atomic E-state index is 2.48. The molecule has 0 aliphatic carbocycles. The zero-order chi connectivity index (χ0) is 27.7. The van der Waals surface area contributed by atoms with Crippen molar-refractivity contribution in [2.45, 2.75) is 41.5 Å². The highest BCUT2D eigenvalue weighted by molar-refractivity contribution is 7.28. The van der Waals surface area contributed by atoms with Crippen LogP contribution >= 0.6 is 45.3 Å². The molecule has 0 radical (unpaired) electrons. The van der Waals surface area contributed by atoms with E-state index in [1.165, 1.54) is 94.6 Å². The molecule has 0 bridgehead atoms. The van der Waals surface area contributed by atoms with Gasteiger partial charge in [0.05, 0.1) is 0 Å². The van der Waals surface area contributed by atoms with Gasteiger partial charge in [-0.15, -0.1) is 45.3 Å². The first-order valence-corrected chi connectivity index (χ1v) is 16.9. The first-order valence-electron chi connectivity index (χ1n) is 13.6. The van der Waals surface area contributed by atoms with E-state index < -0.39 is 0 Å². The van der Waals surface area contributed by atoms with Gasteiger partial charge in [-0.1, -0.05) is 36.4 Å². The van der Waals surface area contributed by atoms with Gasteiger partial charge in [0.25, 0.3) is 0 Å². The molecule has 0 atom stereocenters. The highest BCUT2D eigenvalue weighted by Crippen LogP contribution is 2.54. The summed E-state index contributed by atoms with van der Waals surface area (Å²) in [5.74, 6) is 0. The molecule has 4 aromatic heterocycles. The summed E-state index contributed by atoms with van der Waals surface area (Å²) in [5.41, 5.74) is 12.2. The molecule has 0 aliphatic rings. The van der Waals surface area contributed by atoms with Crippen LogP contribution in [-0.2, 0) is 0 Å². The molecule has 198 valence electrons. The normalized spacial score (nSPS) is 11.8. The quantitative estimate of drug-likeness (QED) is 0.191. The third-order valence-electron chi connectivity index (χ3n) is 7.88. The third-order valence-corrected chi connectivity index (χ3v) is 12.6. The zero-order valence-corrected chi connectivity index (χ0v) is 26.8. The Morgan fingerprint density at radius 3 is 1.45 bits per heavy atom. The monoisotopic (exact) mass is 590 g/mol. The van der Waals surface area contributed by atoms with Gasteiger partial charge in [0.1, 0.15) is 0 Å². The third kappa shape index (κ3) is 4.12. The van der Waals surface area contributed by atoms with Gasteiger partial charge < -0.3 is 0 Å². The Hall–Kier alpha value is -3.02. The standard InChI is InChI=1S/C36H30S4/c1-19-15-28(37-18-19)30-17-26-33(31-20(2)9-7-10-21(31)3)25-16-29(27-14-13-24(6)38-27)39-35(25)34(36(26)40-30)32-22(4)11-8-12-23(32)5/h7-18H,1-6H3. The molecular formula is C36H30S4. The molecule has 7 aromatic rings. The average Bonchev–Trinajstić information content (AvgIpc) is 3.70. The van der Waals surface area contributed by atoms with Crippen LogP contribution in [0.5, 0.6) is 0 Å². The molecule has 0 N–H and O–H groups in total. The minimum absolute atomic E-state index is 1.33. The van der Waals surface area contributed by atoms with E-state index in [2.05, 4.69) is 114 Å². The first kappa shape index (κ1) is 25.9. The lowest BCUT2D eigenvalue weighted by atomic mass is 9.87. The summed E-state index contributed by atoms with van der Waals surface area (Å²) in [6, 6.07) is 25.3. The molecule has 4 heteroatoms. The van der Waals surface area contributed by atoms with Crippen LogP contribution in [0.15, 0.2) is 72.1 Å². The fraction of sp³-hybridized carbons (Fsp3) is 0.167. The number of hydrogen-bond donors (Lipinski definition) is 0. The molecule has 7 rings (SSSR count). The SMILES string of the molecule is Cc1csc(-c2cc3c(-c4c(C)cccc4C)c4cc(-c5ccc(C)s5)sc4c(-c4c(C)cccc4C)c3s2)c1. The molecule has 0 nitrogen and oxygen atoms in total. The lowest BCUT2D eigenvalue weighted by molar-refractivity contribution is 1.39. The number of rotatable bonds is 4. The Labute approximate surface area is 252 Å². The summed E-state index contributed by atoms with van der Waals surface area (Å²) >= 11 is 7.69. The second kappa shape index (κ2) is 9.81. The van der Waals surface area contributed by atoms with Crippen molar-refractivity contribution in [1.82, 2.24) is 0 Å². The molecule has 0 aliphatic heterocycles. The lowest BCUT2D eigenvalue weighted by Crippen LogP contribution is -1.93. The van der Waals surface area contributed by atoms with Crippen LogP contribution in [0.3, 0.4) is 0 Å². The summed E-state index contributed by atoms with van der Waals surface area (Å²) in [6.45, 7) is 13.5. The number of hydrogen-bond acceptors (Lipinski definition) is 4. The van der Waals surface area contributed by atoms with E-state index in [0.29, 0.717) is 0 Å². The van der Waals surface area contributed by atoms with Gasteiger partial charge in [-0.3, -0.25) is 0 Å². The topological polar surface area (TPSA) is 0 Å². The van der Waals surface area contributed by atoms with Gasteiger partial charge in [0.2, 0.25) is 0 Å². The van der Waals surface area contributed by atoms with E-state index in [9.17, 15) is 0 Å². The van der Waals surface area contributed by atoms with Gasteiger partial charge in [0.15, 0.2) is 0 Å². The second-order valence-corrected chi connectivity index (χ2v) is 15.2. The summed E-state index contributed by atoms with van der Waals surface area (Å²) < 4.78 is 2.80. The molecule has 0 spiro atoms. The molecule has 0 amide bonds. The maximum absolute atomic E-state index is 2.48.